The van der Waals surface area contributed by atoms with E-state index < -0.39 is 0 Å². The molecule has 7 aromatic carbocycles. The molecule has 0 bridgehead atoms. The maximum absolute atomic E-state index is 7.01. The number of hydrogen-bond acceptors (Lipinski definition) is 3. The van der Waals surface area contributed by atoms with Gasteiger partial charge < -0.3 is 4.74 Å². The maximum Gasteiger partial charge on any atom is 0.138 e. The van der Waals surface area contributed by atoms with Crippen molar-refractivity contribution in [2.45, 2.75) is 12.8 Å². The monoisotopic (exact) mass is 628 g/mol. The molecule has 1 aromatic heterocycles. The molecule has 232 valence electrons. The zero-order valence-corrected chi connectivity index (χ0v) is 26.9. The van der Waals surface area contributed by atoms with Crippen LogP contribution in [0.15, 0.2) is 170 Å². The highest BCUT2D eigenvalue weighted by molar-refractivity contribution is 5.95. The number of rotatable bonds is 3. The first-order chi connectivity index (χ1) is 24.3. The lowest BCUT2D eigenvalue weighted by Crippen LogP contribution is -1.99. The minimum atomic E-state index is 0.747. The van der Waals surface area contributed by atoms with E-state index in [2.05, 4.69) is 175 Å². The Balaban J connectivity index is 1.14. The summed E-state index contributed by atoms with van der Waals surface area (Å²) in [5, 5.41) is 11.8. The Hall–Kier alpha value is -6.32. The molecule has 3 heteroatoms. The van der Waals surface area contributed by atoms with Crippen LogP contribution in [-0.4, -0.2) is 10.2 Å². The number of nitrogens with zero attached hydrogens (tertiary/aromatic N) is 2. The van der Waals surface area contributed by atoms with Gasteiger partial charge in [-0.15, -0.1) is 10.2 Å². The lowest BCUT2D eigenvalue weighted by atomic mass is 9.89. The van der Waals surface area contributed by atoms with E-state index in [-0.39, 0.29) is 0 Å². The normalized spacial score (nSPS) is 12.1. The molecule has 0 N–H and O–H groups in total. The van der Waals surface area contributed by atoms with Crippen LogP contribution >= 0.6 is 0 Å². The average molecular weight is 629 g/mol. The summed E-state index contributed by atoms with van der Waals surface area (Å²) in [5.41, 5.74) is 13.3. The van der Waals surface area contributed by atoms with E-state index in [0.29, 0.717) is 0 Å². The third-order valence-corrected chi connectivity index (χ3v) is 9.57. The van der Waals surface area contributed by atoms with Crippen molar-refractivity contribution in [2.24, 2.45) is 0 Å². The van der Waals surface area contributed by atoms with E-state index >= 15 is 0 Å². The molecule has 0 amide bonds. The van der Waals surface area contributed by atoms with Gasteiger partial charge in [0.2, 0.25) is 0 Å². The van der Waals surface area contributed by atoms with Gasteiger partial charge in [-0.05, 0) is 74.0 Å². The minimum Gasteiger partial charge on any atom is -0.456 e. The maximum atomic E-state index is 7.01. The molecule has 0 spiro atoms. The van der Waals surface area contributed by atoms with Crippen molar-refractivity contribution >= 4 is 10.8 Å². The summed E-state index contributed by atoms with van der Waals surface area (Å²) < 4.78 is 7.01. The quantitative estimate of drug-likeness (QED) is 0.195. The molecule has 0 aliphatic carbocycles. The highest BCUT2D eigenvalue weighted by atomic mass is 16.5. The molecule has 9 rings (SSSR count). The van der Waals surface area contributed by atoms with Crippen LogP contribution in [0.4, 0.5) is 0 Å². The lowest BCUT2D eigenvalue weighted by Gasteiger charge is -2.18. The Bertz CT molecular complexity index is 2480. The predicted molar refractivity (Wildman–Crippen MR) is 200 cm³/mol. The van der Waals surface area contributed by atoms with Crippen LogP contribution in [-0.2, 0) is 12.8 Å². The van der Waals surface area contributed by atoms with Gasteiger partial charge in [0.05, 0.1) is 11.4 Å². The van der Waals surface area contributed by atoms with Gasteiger partial charge in [0, 0.05) is 29.5 Å². The molecule has 0 radical (unpaired) electrons. The second kappa shape index (κ2) is 12.4. The van der Waals surface area contributed by atoms with Crippen LogP contribution in [0.5, 0.6) is 11.5 Å². The molecular weight excluding hydrogens is 597 g/mol. The summed E-state index contributed by atoms with van der Waals surface area (Å²) in [4.78, 5) is 0. The first-order valence-electron chi connectivity index (χ1n) is 16.7. The topological polar surface area (TPSA) is 35.0 Å². The summed E-state index contributed by atoms with van der Waals surface area (Å²) in [7, 11) is 0. The van der Waals surface area contributed by atoms with Gasteiger partial charge in [0.25, 0.3) is 0 Å². The Morgan fingerprint density at radius 2 is 0.939 bits per heavy atom. The number of benzene rings is 7. The highest BCUT2D eigenvalue weighted by Crippen LogP contribution is 2.42. The standard InChI is InChI=1S/C46H32N2O/c1-5-20-38-31(12-1)16-10-24-42(38)44-27-26-43(47-48-44)35-18-9-17-34(28-35)41-23-11-19-37-30-33-14-3-7-22-40(33)39-21-6-2-13-32(39)29-36-15-4-8-25-45(36)49-46(37)41/h1-28H,29-30H2. The Labute approximate surface area is 286 Å². The molecule has 2 heterocycles. The van der Waals surface area contributed by atoms with E-state index in [4.69, 9.17) is 9.84 Å². The van der Waals surface area contributed by atoms with Gasteiger partial charge in [0.1, 0.15) is 11.5 Å². The van der Waals surface area contributed by atoms with E-state index in [9.17, 15) is 0 Å². The fourth-order valence-electron chi connectivity index (χ4n) is 7.14. The molecule has 49 heavy (non-hydrogen) atoms. The average Bonchev–Trinajstić information content (AvgIpc) is 3.18. The number of ether oxygens (including phenoxy) is 1. The van der Waals surface area contributed by atoms with Crippen molar-refractivity contribution in [1.29, 1.82) is 0 Å². The number of fused-ring (bicyclic) bond motifs is 6. The van der Waals surface area contributed by atoms with Crippen LogP contribution in [0.2, 0.25) is 0 Å². The van der Waals surface area contributed by atoms with Crippen molar-refractivity contribution < 1.29 is 4.74 Å². The van der Waals surface area contributed by atoms with Gasteiger partial charge in [0.15, 0.2) is 0 Å². The van der Waals surface area contributed by atoms with Crippen molar-refractivity contribution in [3.8, 4) is 56.3 Å². The third-order valence-electron chi connectivity index (χ3n) is 9.57. The highest BCUT2D eigenvalue weighted by Gasteiger charge is 2.20. The smallest absolute Gasteiger partial charge is 0.138 e. The molecule has 0 atom stereocenters. The summed E-state index contributed by atoms with van der Waals surface area (Å²) in [6.45, 7) is 0. The van der Waals surface area contributed by atoms with E-state index in [1.54, 1.807) is 0 Å². The fourth-order valence-corrected chi connectivity index (χ4v) is 7.14. The molecular formula is C46H32N2O. The molecule has 8 aromatic rings. The summed E-state index contributed by atoms with van der Waals surface area (Å²) in [6, 6.07) is 59.8. The van der Waals surface area contributed by atoms with E-state index in [0.717, 1.165) is 69.1 Å². The van der Waals surface area contributed by atoms with Gasteiger partial charge >= 0.3 is 0 Å². The van der Waals surface area contributed by atoms with Crippen LogP contribution < -0.4 is 4.74 Å². The molecule has 0 saturated carbocycles. The predicted octanol–water partition coefficient (Wildman–Crippen LogP) is 11.6. The first kappa shape index (κ1) is 28.9. The number of aromatic nitrogens is 2. The summed E-state index contributed by atoms with van der Waals surface area (Å²) >= 11 is 0. The second-order valence-corrected chi connectivity index (χ2v) is 12.6. The summed E-state index contributed by atoms with van der Waals surface area (Å²) in [5.74, 6) is 1.76. The van der Waals surface area contributed by atoms with Gasteiger partial charge in [-0.1, -0.05) is 146 Å². The Morgan fingerprint density at radius 1 is 0.388 bits per heavy atom. The van der Waals surface area contributed by atoms with E-state index in [1.165, 1.54) is 33.0 Å². The molecule has 1 aliphatic heterocycles. The second-order valence-electron chi connectivity index (χ2n) is 12.6. The van der Waals surface area contributed by atoms with Crippen molar-refractivity contribution in [3.63, 3.8) is 0 Å². The van der Waals surface area contributed by atoms with Gasteiger partial charge in [-0.3, -0.25) is 0 Å². The molecule has 0 saturated heterocycles. The van der Waals surface area contributed by atoms with Gasteiger partial charge in [-0.2, -0.15) is 0 Å². The van der Waals surface area contributed by atoms with Gasteiger partial charge in [-0.25, -0.2) is 0 Å². The van der Waals surface area contributed by atoms with Crippen LogP contribution in [0.1, 0.15) is 22.3 Å². The third kappa shape index (κ3) is 5.46. The fraction of sp³-hybridized carbons (Fsp3) is 0.0435. The number of hydrogen-bond donors (Lipinski definition) is 0. The van der Waals surface area contributed by atoms with E-state index in [1.807, 2.05) is 0 Å². The molecule has 0 fully saturated rings. The Morgan fingerprint density at radius 3 is 1.76 bits per heavy atom. The number of para-hydroxylation sites is 2. The SMILES string of the molecule is c1cc(-c2ccc(-c3cccc4ccccc34)nn2)cc(-c2cccc3c2Oc2ccccc2Cc2ccccc2-c2ccccc2C3)c1. The summed E-state index contributed by atoms with van der Waals surface area (Å²) in [6.07, 6.45) is 1.53. The van der Waals surface area contributed by atoms with Crippen LogP contribution in [0.25, 0.3) is 55.5 Å². The first-order valence-corrected chi connectivity index (χ1v) is 16.7. The lowest BCUT2D eigenvalue weighted by molar-refractivity contribution is 0.474. The Kier molecular flexibility index (Phi) is 7.29. The molecule has 1 aliphatic rings. The largest absolute Gasteiger partial charge is 0.456 e. The molecule has 0 unspecified atom stereocenters. The van der Waals surface area contributed by atoms with Crippen molar-refractivity contribution in [3.05, 3.63) is 192 Å². The van der Waals surface area contributed by atoms with Crippen LogP contribution in [0, 0.1) is 0 Å². The zero-order valence-electron chi connectivity index (χ0n) is 26.9. The van der Waals surface area contributed by atoms with Crippen molar-refractivity contribution in [2.75, 3.05) is 0 Å². The van der Waals surface area contributed by atoms with Crippen molar-refractivity contribution in [1.82, 2.24) is 10.2 Å². The minimum absolute atomic E-state index is 0.747. The molecule has 3 nitrogen and oxygen atoms in total. The zero-order chi connectivity index (χ0) is 32.6. The van der Waals surface area contributed by atoms with Crippen LogP contribution in [0.3, 0.4) is 0 Å².